The molecule has 0 spiro atoms. The van der Waals surface area contributed by atoms with Gasteiger partial charge >= 0.3 is 19.5 Å². The maximum atomic E-state index is 12.7. The number of aliphatic hydroxyl groups excluding tert-OH is 1. The summed E-state index contributed by atoms with van der Waals surface area (Å²) in [6, 6.07) is 5.14. The maximum Gasteiger partial charge on any atom is 0.469 e. The molecule has 0 amide bonds. The first-order valence-corrected chi connectivity index (χ1v) is 11.6. The molecule has 15 nitrogen and oxygen atoms in total. The number of fused-ring (bicyclic) bond motifs is 2. The highest BCUT2D eigenvalue weighted by atomic mass is 31.2. The molecule has 0 bridgehead atoms. The number of aliphatic hydroxyl groups is 1. The summed E-state index contributed by atoms with van der Waals surface area (Å²) < 4.78 is 33.6. The smallest absolute Gasteiger partial charge is 0.469 e. The van der Waals surface area contributed by atoms with E-state index >= 15 is 0 Å². The first kappa shape index (κ1) is 23.9. The second-order valence-electron chi connectivity index (χ2n) is 7.45. The summed E-state index contributed by atoms with van der Waals surface area (Å²) in [7, 11) is -4.74. The molecule has 3 atom stereocenters. The molecule has 9 N–H and O–H groups in total. The number of phosphoric acid groups is 1. The van der Waals surface area contributed by atoms with Crippen LogP contribution in [0.3, 0.4) is 0 Å². The van der Waals surface area contributed by atoms with Gasteiger partial charge in [-0.2, -0.15) is 4.98 Å². The predicted octanol–water partition coefficient (Wildman–Crippen LogP) is -2.42. The SMILES string of the molecule is NC(N)=[NH+]CCOc1cccc2c1Nc1nc(=O)n([C@H]3C[C@H](O)[C@@H](COP(=O)(O)O)O3)cc1O2. The summed E-state index contributed by atoms with van der Waals surface area (Å²) in [6.45, 7) is 0.0840. The fourth-order valence-corrected chi connectivity index (χ4v) is 3.80. The van der Waals surface area contributed by atoms with E-state index in [4.69, 9.17) is 35.5 Å². The van der Waals surface area contributed by atoms with E-state index < -0.39 is 38.6 Å². The minimum Gasteiger partial charge on any atom is -0.488 e. The molecule has 1 saturated heterocycles. The number of guanidine groups is 1. The Labute approximate surface area is 192 Å². The van der Waals surface area contributed by atoms with Gasteiger partial charge in [0.2, 0.25) is 0 Å². The fourth-order valence-electron chi connectivity index (χ4n) is 3.46. The predicted molar refractivity (Wildman–Crippen MR) is 116 cm³/mol. The monoisotopic (exact) mass is 499 g/mol. The van der Waals surface area contributed by atoms with E-state index in [0.29, 0.717) is 23.7 Å². The molecule has 0 saturated carbocycles. The molecule has 3 heterocycles. The van der Waals surface area contributed by atoms with Crippen LogP contribution in [0.15, 0.2) is 29.2 Å². The summed E-state index contributed by atoms with van der Waals surface area (Å²) in [5, 5.41) is 13.2. The van der Waals surface area contributed by atoms with Gasteiger partial charge in [-0.05, 0) is 12.1 Å². The lowest BCUT2D eigenvalue weighted by atomic mass is 10.2. The number of benzene rings is 1. The number of nitrogens with two attached hydrogens (primary N) is 2. The summed E-state index contributed by atoms with van der Waals surface area (Å²) in [5.41, 5.74) is 10.5. The quantitative estimate of drug-likeness (QED) is 0.0742. The highest BCUT2D eigenvalue weighted by Crippen LogP contribution is 2.45. The van der Waals surface area contributed by atoms with Crippen molar-refractivity contribution in [2.75, 3.05) is 25.1 Å². The number of anilines is 2. The number of rotatable bonds is 8. The minimum atomic E-state index is -4.74. The molecular formula is C18H24N6O9P+. The van der Waals surface area contributed by atoms with E-state index in [1.165, 1.54) is 6.20 Å². The van der Waals surface area contributed by atoms with E-state index in [9.17, 15) is 14.5 Å². The standard InChI is InChI=1S/C18H23N6O9P/c19-17(20)21-4-5-30-10-2-1-3-11-15(10)22-16-12(32-11)7-24(18(26)23-16)14-6-9(25)13(33-14)8-31-34(27,28)29/h1-3,7,9,13-14,25H,4-6,8H2,(H4,19,20,21)(H,22,23,26)(H2,27,28,29)/p+1/t9-,13+,14+/m0/s1. The molecule has 0 aliphatic carbocycles. The number of para-hydroxylation sites is 1. The van der Waals surface area contributed by atoms with Crippen molar-refractivity contribution < 1.29 is 43.2 Å². The molecule has 34 heavy (non-hydrogen) atoms. The Hall–Kier alpha value is -3.20. The number of hydrogen-bond acceptors (Lipinski definition) is 9. The molecule has 2 aliphatic rings. The lowest BCUT2D eigenvalue weighted by Crippen LogP contribution is -2.79. The number of phosphoric ester groups is 1. The highest BCUT2D eigenvalue weighted by molar-refractivity contribution is 7.46. The second kappa shape index (κ2) is 9.58. The van der Waals surface area contributed by atoms with Crippen molar-refractivity contribution in [3.8, 4) is 17.2 Å². The van der Waals surface area contributed by atoms with Crippen LogP contribution in [0.25, 0.3) is 0 Å². The lowest BCUT2D eigenvalue weighted by Gasteiger charge is -2.24. The van der Waals surface area contributed by atoms with Crippen LogP contribution in [-0.4, -0.2) is 62.4 Å². The molecule has 16 heteroatoms. The van der Waals surface area contributed by atoms with E-state index in [2.05, 4.69) is 19.8 Å². The number of aromatic nitrogens is 2. The van der Waals surface area contributed by atoms with Gasteiger partial charge in [-0.3, -0.25) is 25.6 Å². The van der Waals surface area contributed by atoms with Crippen molar-refractivity contribution in [3.63, 3.8) is 0 Å². The largest absolute Gasteiger partial charge is 0.488 e. The summed E-state index contributed by atoms with van der Waals surface area (Å²) in [5.74, 6) is 1.34. The van der Waals surface area contributed by atoms with E-state index in [1.807, 2.05) is 0 Å². The van der Waals surface area contributed by atoms with Crippen LogP contribution < -0.4 is 36.9 Å². The zero-order valence-corrected chi connectivity index (χ0v) is 18.6. The van der Waals surface area contributed by atoms with Crippen LogP contribution in [0, 0.1) is 0 Å². The molecule has 2 aromatic rings. The molecule has 1 aromatic carbocycles. The molecule has 0 unspecified atom stereocenters. The summed E-state index contributed by atoms with van der Waals surface area (Å²) in [4.78, 5) is 37.1. The molecule has 0 radical (unpaired) electrons. The average Bonchev–Trinajstić information content (AvgIpc) is 3.13. The Balaban J connectivity index is 1.50. The van der Waals surface area contributed by atoms with E-state index in [0.717, 1.165) is 4.57 Å². The third-order valence-electron chi connectivity index (χ3n) is 4.98. The van der Waals surface area contributed by atoms with Crippen molar-refractivity contribution in [3.05, 3.63) is 34.9 Å². The van der Waals surface area contributed by atoms with Crippen LogP contribution in [-0.2, 0) is 13.8 Å². The normalized spacial score (nSPS) is 21.1. The molecule has 1 aromatic heterocycles. The molecular weight excluding hydrogens is 475 g/mol. The van der Waals surface area contributed by atoms with Gasteiger partial charge in [-0.15, -0.1) is 0 Å². The Morgan fingerprint density at radius 3 is 2.88 bits per heavy atom. The van der Waals surface area contributed by atoms with Gasteiger partial charge in [0, 0.05) is 6.42 Å². The van der Waals surface area contributed by atoms with Crippen LogP contribution >= 0.6 is 7.82 Å². The van der Waals surface area contributed by atoms with Gasteiger partial charge in [0.15, 0.2) is 17.3 Å². The Bertz CT molecular complexity index is 1190. The van der Waals surface area contributed by atoms with Crippen molar-refractivity contribution >= 4 is 25.3 Å². The number of hydrogen-bond donors (Lipinski definition) is 7. The Morgan fingerprint density at radius 2 is 2.15 bits per heavy atom. The molecule has 2 aliphatic heterocycles. The number of ether oxygens (including phenoxy) is 3. The second-order valence-corrected chi connectivity index (χ2v) is 8.69. The fraction of sp³-hybridized carbons (Fsp3) is 0.389. The van der Waals surface area contributed by atoms with E-state index in [1.54, 1.807) is 18.2 Å². The first-order valence-electron chi connectivity index (χ1n) is 10.1. The van der Waals surface area contributed by atoms with Crippen LogP contribution in [0.2, 0.25) is 0 Å². The molecule has 1 fully saturated rings. The van der Waals surface area contributed by atoms with Gasteiger partial charge in [0.05, 0.1) is 25.5 Å². The minimum absolute atomic E-state index is 0.0175. The number of nitrogens with zero attached hydrogens (tertiary/aromatic N) is 2. The van der Waals surface area contributed by atoms with Crippen LogP contribution in [0.4, 0.5) is 11.5 Å². The third kappa shape index (κ3) is 5.47. The van der Waals surface area contributed by atoms with Crippen molar-refractivity contribution in [2.45, 2.75) is 24.9 Å². The molecule has 184 valence electrons. The van der Waals surface area contributed by atoms with Gasteiger partial charge in [0.1, 0.15) is 30.4 Å². The van der Waals surface area contributed by atoms with Crippen molar-refractivity contribution in [2.24, 2.45) is 11.5 Å². The van der Waals surface area contributed by atoms with Gasteiger partial charge < -0.3 is 34.4 Å². The zero-order valence-electron chi connectivity index (χ0n) is 17.7. The van der Waals surface area contributed by atoms with Crippen molar-refractivity contribution in [1.29, 1.82) is 0 Å². The number of nitrogens with one attached hydrogen (secondary N) is 2. The maximum absolute atomic E-state index is 12.7. The van der Waals surface area contributed by atoms with Crippen LogP contribution in [0.5, 0.6) is 17.2 Å². The van der Waals surface area contributed by atoms with Gasteiger partial charge in [-0.25, -0.2) is 9.36 Å². The third-order valence-corrected chi connectivity index (χ3v) is 5.46. The summed E-state index contributed by atoms with van der Waals surface area (Å²) in [6.07, 6.45) is -1.73. The first-order chi connectivity index (χ1) is 16.1. The average molecular weight is 499 g/mol. The Morgan fingerprint density at radius 1 is 1.35 bits per heavy atom. The lowest BCUT2D eigenvalue weighted by molar-refractivity contribution is -0.461. The van der Waals surface area contributed by atoms with Crippen LogP contribution in [0.1, 0.15) is 12.6 Å². The van der Waals surface area contributed by atoms with E-state index in [-0.39, 0.29) is 30.6 Å². The highest BCUT2D eigenvalue weighted by Gasteiger charge is 2.37. The summed E-state index contributed by atoms with van der Waals surface area (Å²) >= 11 is 0. The molecule has 4 rings (SSSR count). The Kier molecular flexibility index (Phi) is 6.74. The van der Waals surface area contributed by atoms with Gasteiger partial charge in [0.25, 0.3) is 0 Å². The van der Waals surface area contributed by atoms with Gasteiger partial charge in [-0.1, -0.05) is 6.07 Å². The zero-order chi connectivity index (χ0) is 24.5. The van der Waals surface area contributed by atoms with Crippen molar-refractivity contribution in [1.82, 2.24) is 9.55 Å². The topological polar surface area (TPSA) is 228 Å².